The van der Waals surface area contributed by atoms with Crippen molar-refractivity contribution in [1.29, 1.82) is 0 Å². The minimum Gasteiger partial charge on any atom is -0.480 e. The van der Waals surface area contributed by atoms with Gasteiger partial charge in [0.15, 0.2) is 0 Å². The molecule has 0 aliphatic heterocycles. The van der Waals surface area contributed by atoms with Crippen molar-refractivity contribution in [2.75, 3.05) is 6.54 Å². The Morgan fingerprint density at radius 1 is 1.47 bits per heavy atom. The molecule has 5 nitrogen and oxygen atoms in total. The number of carbonyl (C=O) groups is 2. The minimum absolute atomic E-state index is 0.128. The van der Waals surface area contributed by atoms with Gasteiger partial charge in [0, 0.05) is 5.03 Å². The fraction of sp³-hybridized carbons (Fsp3) is 0.556. The zero-order chi connectivity index (χ0) is 11.5. The molecule has 0 unspecified atom stereocenters. The van der Waals surface area contributed by atoms with Crippen molar-refractivity contribution in [2.24, 2.45) is 0 Å². The maximum absolute atomic E-state index is 11.3. The normalized spacial score (nSPS) is 17.4. The minimum atomic E-state index is -1.09. The molecule has 0 aromatic carbocycles. The van der Waals surface area contributed by atoms with Crippen molar-refractivity contribution in [3.8, 4) is 0 Å². The van der Waals surface area contributed by atoms with Crippen molar-refractivity contribution < 1.29 is 14.7 Å². The van der Waals surface area contributed by atoms with Crippen LogP contribution in [0.2, 0.25) is 0 Å². The quantitative estimate of drug-likeness (QED) is 0.678. The van der Waals surface area contributed by atoms with Crippen molar-refractivity contribution >= 4 is 23.6 Å². The van der Waals surface area contributed by atoms with Crippen LogP contribution in [0.1, 0.15) is 19.3 Å². The summed E-state index contributed by atoms with van der Waals surface area (Å²) in [6.07, 6.45) is 1.75. The molecule has 15 heavy (non-hydrogen) atoms. The van der Waals surface area contributed by atoms with Crippen molar-refractivity contribution in [3.05, 3.63) is 11.6 Å². The van der Waals surface area contributed by atoms with E-state index < -0.39 is 17.5 Å². The van der Waals surface area contributed by atoms with Gasteiger partial charge in [0.05, 0.1) is 6.54 Å². The summed E-state index contributed by atoms with van der Waals surface area (Å²) in [6.45, 7) is 3.53. The average molecular weight is 233 g/mol. The summed E-state index contributed by atoms with van der Waals surface area (Å²) in [5.41, 5.74) is -1.09. The van der Waals surface area contributed by atoms with Gasteiger partial charge in [0.1, 0.15) is 5.54 Å². The van der Waals surface area contributed by atoms with Gasteiger partial charge in [-0.1, -0.05) is 18.2 Å². The van der Waals surface area contributed by atoms with Crippen LogP contribution >= 0.6 is 11.6 Å². The predicted octanol–water partition coefficient (Wildman–Crippen LogP) is 1.05. The van der Waals surface area contributed by atoms with E-state index in [2.05, 4.69) is 17.2 Å². The topological polar surface area (TPSA) is 78.4 Å². The smallest absolute Gasteiger partial charge is 0.329 e. The molecule has 1 rings (SSSR count). The highest BCUT2D eigenvalue weighted by atomic mass is 35.5. The van der Waals surface area contributed by atoms with Crippen molar-refractivity contribution in [1.82, 2.24) is 10.6 Å². The molecule has 1 saturated carbocycles. The zero-order valence-electron chi connectivity index (χ0n) is 8.18. The van der Waals surface area contributed by atoms with E-state index in [1.165, 1.54) is 0 Å². The first-order valence-corrected chi connectivity index (χ1v) is 4.97. The van der Waals surface area contributed by atoms with E-state index in [0.29, 0.717) is 17.9 Å². The van der Waals surface area contributed by atoms with E-state index in [-0.39, 0.29) is 6.54 Å². The Balaban J connectivity index is 2.42. The first-order chi connectivity index (χ1) is 6.96. The molecule has 0 aromatic rings. The third-order valence-corrected chi connectivity index (χ3v) is 2.54. The van der Waals surface area contributed by atoms with Crippen LogP contribution in [-0.2, 0) is 4.79 Å². The lowest BCUT2D eigenvalue weighted by atomic mass is 9.77. The van der Waals surface area contributed by atoms with Crippen LogP contribution in [0.25, 0.3) is 0 Å². The number of aliphatic carboxylic acids is 1. The van der Waals surface area contributed by atoms with Gasteiger partial charge in [0.25, 0.3) is 0 Å². The molecule has 0 atom stereocenters. The lowest BCUT2D eigenvalue weighted by Crippen LogP contribution is -2.61. The molecule has 2 amide bonds. The molecular formula is C9H13ClN2O3. The van der Waals surface area contributed by atoms with Crippen LogP contribution in [0.15, 0.2) is 11.6 Å². The molecule has 0 radical (unpaired) electrons. The van der Waals surface area contributed by atoms with Crippen LogP contribution in [0, 0.1) is 0 Å². The number of amides is 2. The van der Waals surface area contributed by atoms with Gasteiger partial charge in [-0.2, -0.15) is 0 Å². The number of carbonyl (C=O) groups excluding carboxylic acids is 1. The number of urea groups is 1. The molecule has 0 saturated heterocycles. The number of carboxylic acid groups (broad SMARTS) is 1. The predicted molar refractivity (Wildman–Crippen MR) is 55.7 cm³/mol. The van der Waals surface area contributed by atoms with E-state index in [1.54, 1.807) is 0 Å². The molecule has 6 heteroatoms. The lowest BCUT2D eigenvalue weighted by Gasteiger charge is -2.38. The van der Waals surface area contributed by atoms with Crippen LogP contribution < -0.4 is 10.6 Å². The second kappa shape index (κ2) is 4.53. The summed E-state index contributed by atoms with van der Waals surface area (Å²) in [7, 11) is 0. The molecule has 84 valence electrons. The molecule has 1 aliphatic carbocycles. The summed E-state index contributed by atoms with van der Waals surface area (Å²) in [5, 5.41) is 14.1. The standard InChI is InChI=1S/C9H13ClN2O3/c1-6(10)5-11-8(15)12-9(7(13)14)3-2-4-9/h1-5H2,(H,13,14)(H2,11,12,15). The summed E-state index contributed by atoms with van der Waals surface area (Å²) in [6, 6.07) is -0.529. The molecule has 0 spiro atoms. The number of nitrogens with one attached hydrogen (secondary N) is 2. The number of carboxylic acids is 1. The number of hydrogen-bond acceptors (Lipinski definition) is 2. The molecule has 1 fully saturated rings. The first kappa shape index (κ1) is 11.8. The van der Waals surface area contributed by atoms with E-state index in [9.17, 15) is 9.59 Å². The van der Waals surface area contributed by atoms with Crippen LogP contribution in [-0.4, -0.2) is 29.2 Å². The van der Waals surface area contributed by atoms with Crippen molar-refractivity contribution in [2.45, 2.75) is 24.8 Å². The highest BCUT2D eigenvalue weighted by molar-refractivity contribution is 6.29. The van der Waals surface area contributed by atoms with E-state index in [0.717, 1.165) is 6.42 Å². The Hall–Kier alpha value is -1.23. The Kier molecular flexibility index (Phi) is 3.57. The molecule has 0 heterocycles. The second-order valence-corrected chi connectivity index (χ2v) is 4.10. The number of hydrogen-bond donors (Lipinski definition) is 3. The van der Waals surface area contributed by atoms with Crippen molar-refractivity contribution in [3.63, 3.8) is 0 Å². The van der Waals surface area contributed by atoms with Crippen LogP contribution in [0.5, 0.6) is 0 Å². The van der Waals surface area contributed by atoms with E-state index >= 15 is 0 Å². The highest BCUT2D eigenvalue weighted by Crippen LogP contribution is 2.31. The molecule has 0 bridgehead atoms. The van der Waals surface area contributed by atoms with Gasteiger partial charge in [-0.3, -0.25) is 0 Å². The van der Waals surface area contributed by atoms with E-state index in [4.69, 9.17) is 16.7 Å². The molecule has 3 N–H and O–H groups in total. The number of halogens is 1. The summed E-state index contributed by atoms with van der Waals surface area (Å²) in [4.78, 5) is 22.2. The van der Waals surface area contributed by atoms with Gasteiger partial charge in [-0.15, -0.1) is 0 Å². The average Bonchev–Trinajstić information content (AvgIpc) is 2.07. The molecular weight excluding hydrogens is 220 g/mol. The fourth-order valence-corrected chi connectivity index (χ4v) is 1.43. The summed E-state index contributed by atoms with van der Waals surface area (Å²) < 4.78 is 0. The maximum Gasteiger partial charge on any atom is 0.329 e. The van der Waals surface area contributed by atoms with E-state index in [1.807, 2.05) is 0 Å². The van der Waals surface area contributed by atoms with Crippen LogP contribution in [0.3, 0.4) is 0 Å². The van der Waals surface area contributed by atoms with Gasteiger partial charge in [0.2, 0.25) is 0 Å². The Morgan fingerprint density at radius 3 is 2.40 bits per heavy atom. The zero-order valence-corrected chi connectivity index (χ0v) is 8.93. The Morgan fingerprint density at radius 2 is 2.07 bits per heavy atom. The number of rotatable bonds is 4. The fourth-order valence-electron chi connectivity index (χ4n) is 1.36. The monoisotopic (exact) mass is 232 g/mol. The van der Waals surface area contributed by atoms with Gasteiger partial charge in [-0.25, -0.2) is 9.59 Å². The Bertz CT molecular complexity index is 300. The summed E-state index contributed by atoms with van der Waals surface area (Å²) >= 11 is 5.45. The van der Waals surface area contributed by atoms with Gasteiger partial charge < -0.3 is 15.7 Å². The third kappa shape index (κ3) is 2.86. The highest BCUT2D eigenvalue weighted by Gasteiger charge is 2.45. The second-order valence-electron chi connectivity index (χ2n) is 3.57. The molecule has 0 aromatic heterocycles. The summed E-state index contributed by atoms with van der Waals surface area (Å²) in [5.74, 6) is -0.992. The maximum atomic E-state index is 11.3. The largest absolute Gasteiger partial charge is 0.480 e. The Labute approximate surface area is 92.5 Å². The first-order valence-electron chi connectivity index (χ1n) is 4.59. The SMILES string of the molecule is C=C(Cl)CNC(=O)NC1(C(=O)O)CCC1. The molecule has 1 aliphatic rings. The van der Waals surface area contributed by atoms with Crippen LogP contribution in [0.4, 0.5) is 4.79 Å². The lowest BCUT2D eigenvalue weighted by molar-refractivity contribution is -0.148. The van der Waals surface area contributed by atoms with Gasteiger partial charge >= 0.3 is 12.0 Å². The van der Waals surface area contributed by atoms with Gasteiger partial charge in [-0.05, 0) is 19.3 Å². The third-order valence-electron chi connectivity index (χ3n) is 2.41.